The molecule has 2 amide bonds. The fourth-order valence-electron chi connectivity index (χ4n) is 3.09. The average molecular weight is 388 g/mol. The average Bonchev–Trinajstić information content (AvgIpc) is 2.99. The van der Waals surface area contributed by atoms with Crippen molar-refractivity contribution in [3.63, 3.8) is 0 Å². The van der Waals surface area contributed by atoms with Crippen molar-refractivity contribution in [2.45, 2.75) is 32.7 Å². The largest absolute Gasteiger partial charge is 0.494 e. The molecule has 0 spiro atoms. The number of unbranched alkanes of at least 4 members (excludes halogenated alkanes) is 1. The van der Waals surface area contributed by atoms with Crippen molar-refractivity contribution in [2.24, 2.45) is 5.73 Å². The monoisotopic (exact) mass is 387 g/mol. The first-order valence-corrected chi connectivity index (χ1v) is 9.98. The van der Waals surface area contributed by atoms with Gasteiger partial charge < -0.3 is 20.7 Å². The zero-order chi connectivity index (χ0) is 19.4. The lowest BCUT2D eigenvalue weighted by Gasteiger charge is -2.22. The molecule has 3 N–H and O–H groups in total. The van der Waals surface area contributed by atoms with E-state index in [9.17, 15) is 9.59 Å². The zero-order valence-corrected chi connectivity index (χ0v) is 16.5. The molecule has 0 atom stereocenters. The second-order valence-electron chi connectivity index (χ2n) is 6.74. The molecule has 2 heterocycles. The first kappa shape index (κ1) is 19.4. The zero-order valence-electron chi connectivity index (χ0n) is 15.7. The Morgan fingerprint density at radius 3 is 2.70 bits per heavy atom. The highest BCUT2D eigenvalue weighted by atomic mass is 32.1. The van der Waals surface area contributed by atoms with E-state index in [1.807, 2.05) is 7.05 Å². The number of hydrogen-bond acceptors (Lipinski definition) is 5. The van der Waals surface area contributed by atoms with Crippen LogP contribution >= 0.6 is 11.3 Å². The van der Waals surface area contributed by atoms with Crippen molar-refractivity contribution in [1.29, 1.82) is 0 Å². The van der Waals surface area contributed by atoms with Gasteiger partial charge in [0.1, 0.15) is 10.8 Å². The summed E-state index contributed by atoms with van der Waals surface area (Å²) in [5, 5.41) is 3.41. The van der Waals surface area contributed by atoms with Crippen LogP contribution in [0, 0.1) is 0 Å². The molecule has 3 rings (SSSR count). The third kappa shape index (κ3) is 4.48. The van der Waals surface area contributed by atoms with Gasteiger partial charge in [-0.2, -0.15) is 0 Å². The Hall–Kier alpha value is -2.38. The van der Waals surface area contributed by atoms with Crippen LogP contribution in [0.5, 0.6) is 5.75 Å². The Morgan fingerprint density at radius 1 is 1.30 bits per heavy atom. The first-order valence-electron chi connectivity index (χ1n) is 9.16. The van der Waals surface area contributed by atoms with Crippen molar-refractivity contribution in [2.75, 3.05) is 25.5 Å². The molecular formula is C20H25N3O3S. The van der Waals surface area contributed by atoms with Gasteiger partial charge in [0, 0.05) is 23.5 Å². The minimum atomic E-state index is -0.493. The van der Waals surface area contributed by atoms with E-state index in [1.54, 1.807) is 24.3 Å². The number of primary amides is 1. The summed E-state index contributed by atoms with van der Waals surface area (Å²) in [6.07, 6.45) is 2.83. The van der Waals surface area contributed by atoms with Gasteiger partial charge in [-0.3, -0.25) is 9.59 Å². The van der Waals surface area contributed by atoms with Crippen LogP contribution in [0.4, 0.5) is 5.00 Å². The molecule has 0 saturated heterocycles. The normalized spacial score (nSPS) is 13.9. The number of carbonyl (C=O) groups excluding carboxylic acids is 2. The smallest absolute Gasteiger partial charge is 0.256 e. The topological polar surface area (TPSA) is 84.7 Å². The Balaban J connectivity index is 1.75. The predicted molar refractivity (Wildman–Crippen MR) is 108 cm³/mol. The number of carbonyl (C=O) groups is 2. The van der Waals surface area contributed by atoms with Gasteiger partial charge in [-0.25, -0.2) is 0 Å². The van der Waals surface area contributed by atoms with Crippen LogP contribution in [0.3, 0.4) is 0 Å². The number of hydrogen-bond donors (Lipinski definition) is 2. The summed E-state index contributed by atoms with van der Waals surface area (Å²) in [7, 11) is 2.04. The van der Waals surface area contributed by atoms with Crippen molar-refractivity contribution in [3.8, 4) is 5.75 Å². The highest BCUT2D eigenvalue weighted by Crippen LogP contribution is 2.36. The number of thiophene rings is 1. The van der Waals surface area contributed by atoms with Crippen molar-refractivity contribution in [3.05, 3.63) is 45.8 Å². The molecule has 0 fully saturated rings. The van der Waals surface area contributed by atoms with E-state index in [-0.39, 0.29) is 5.91 Å². The summed E-state index contributed by atoms with van der Waals surface area (Å²) in [6, 6.07) is 7.02. The first-order chi connectivity index (χ1) is 13.0. The number of nitrogens with zero attached hydrogens (tertiary/aromatic N) is 1. The number of likely N-dealkylation sites (N-methyl/N-ethyl adjacent to an activating group) is 1. The third-order valence-electron chi connectivity index (χ3n) is 4.60. The van der Waals surface area contributed by atoms with E-state index in [2.05, 4.69) is 17.1 Å². The summed E-state index contributed by atoms with van der Waals surface area (Å²) in [4.78, 5) is 27.9. The molecule has 27 heavy (non-hydrogen) atoms. The highest BCUT2D eigenvalue weighted by Gasteiger charge is 2.26. The molecule has 1 aliphatic heterocycles. The summed E-state index contributed by atoms with van der Waals surface area (Å²) < 4.78 is 5.62. The summed E-state index contributed by atoms with van der Waals surface area (Å²) in [6.45, 7) is 4.41. The van der Waals surface area contributed by atoms with Gasteiger partial charge in [0.25, 0.3) is 11.8 Å². The highest BCUT2D eigenvalue weighted by molar-refractivity contribution is 7.17. The van der Waals surface area contributed by atoms with Gasteiger partial charge in [0.2, 0.25) is 0 Å². The maximum absolute atomic E-state index is 12.6. The number of amides is 2. The van der Waals surface area contributed by atoms with Gasteiger partial charge in [-0.05, 0) is 49.7 Å². The van der Waals surface area contributed by atoms with Crippen molar-refractivity contribution in [1.82, 2.24) is 4.90 Å². The molecule has 0 radical (unpaired) electrons. The number of nitrogens with one attached hydrogen (secondary N) is 1. The number of nitrogens with two attached hydrogens (primary N) is 1. The van der Waals surface area contributed by atoms with Crippen molar-refractivity contribution >= 4 is 28.2 Å². The van der Waals surface area contributed by atoms with E-state index in [1.165, 1.54) is 11.3 Å². The predicted octanol–water partition coefficient (Wildman–Crippen LogP) is 3.27. The van der Waals surface area contributed by atoms with Crippen LogP contribution in [0.15, 0.2) is 24.3 Å². The minimum absolute atomic E-state index is 0.260. The molecule has 1 aromatic carbocycles. The molecule has 144 valence electrons. The fourth-order valence-corrected chi connectivity index (χ4v) is 4.42. The standard InChI is InChI=1S/C20H25N3O3S/c1-3-4-11-26-14-7-5-13(6-8-14)19(25)22-20-17(18(21)24)15-9-10-23(2)12-16(15)27-20/h5-8H,3-4,9-12H2,1-2H3,(H2,21,24)(H,22,25). The molecule has 7 heteroatoms. The summed E-state index contributed by atoms with van der Waals surface area (Å²) >= 11 is 1.43. The molecule has 0 unspecified atom stereocenters. The van der Waals surface area contributed by atoms with E-state index in [0.717, 1.165) is 48.5 Å². The maximum atomic E-state index is 12.6. The van der Waals surface area contributed by atoms with Crippen LogP contribution in [0.1, 0.15) is 50.9 Å². The molecular weight excluding hydrogens is 362 g/mol. The van der Waals surface area contributed by atoms with Gasteiger partial charge in [-0.15, -0.1) is 11.3 Å². The second kappa shape index (κ2) is 8.54. The molecule has 0 aliphatic carbocycles. The van der Waals surface area contributed by atoms with Crippen LogP contribution < -0.4 is 15.8 Å². The van der Waals surface area contributed by atoms with Crippen LogP contribution in [0.2, 0.25) is 0 Å². The van der Waals surface area contributed by atoms with E-state index in [0.29, 0.717) is 22.7 Å². The number of anilines is 1. The fraction of sp³-hybridized carbons (Fsp3) is 0.400. The Labute approximate surface area is 163 Å². The Morgan fingerprint density at radius 2 is 2.04 bits per heavy atom. The van der Waals surface area contributed by atoms with Gasteiger partial charge in [0.15, 0.2) is 0 Å². The van der Waals surface area contributed by atoms with Gasteiger partial charge in [0.05, 0.1) is 12.2 Å². The van der Waals surface area contributed by atoms with Crippen LogP contribution in [-0.4, -0.2) is 36.9 Å². The SMILES string of the molecule is CCCCOc1ccc(C(=O)Nc2sc3c(c2C(N)=O)CCN(C)C3)cc1. The number of fused-ring (bicyclic) bond motifs is 1. The van der Waals surface area contributed by atoms with Crippen LogP contribution in [0.25, 0.3) is 0 Å². The number of ether oxygens (including phenoxy) is 1. The molecule has 2 aromatic rings. The van der Waals surface area contributed by atoms with E-state index in [4.69, 9.17) is 10.5 Å². The Kier molecular flexibility index (Phi) is 6.13. The molecule has 6 nitrogen and oxygen atoms in total. The number of rotatable bonds is 7. The number of benzene rings is 1. The molecule has 1 aromatic heterocycles. The second-order valence-corrected chi connectivity index (χ2v) is 7.85. The lowest BCUT2D eigenvalue weighted by atomic mass is 10.0. The minimum Gasteiger partial charge on any atom is -0.494 e. The lowest BCUT2D eigenvalue weighted by Crippen LogP contribution is -2.27. The van der Waals surface area contributed by atoms with Crippen molar-refractivity contribution < 1.29 is 14.3 Å². The van der Waals surface area contributed by atoms with Crippen LogP contribution in [-0.2, 0) is 13.0 Å². The van der Waals surface area contributed by atoms with Gasteiger partial charge >= 0.3 is 0 Å². The Bertz CT molecular complexity index is 830. The maximum Gasteiger partial charge on any atom is 0.256 e. The summed E-state index contributed by atoms with van der Waals surface area (Å²) in [5.74, 6) is -0.0102. The van der Waals surface area contributed by atoms with E-state index >= 15 is 0 Å². The lowest BCUT2D eigenvalue weighted by molar-refractivity contribution is 0.1000. The van der Waals surface area contributed by atoms with E-state index < -0.39 is 5.91 Å². The molecule has 0 bridgehead atoms. The third-order valence-corrected chi connectivity index (χ3v) is 5.74. The summed E-state index contributed by atoms with van der Waals surface area (Å²) in [5.41, 5.74) is 7.53. The quantitative estimate of drug-likeness (QED) is 0.714. The van der Waals surface area contributed by atoms with Gasteiger partial charge in [-0.1, -0.05) is 13.3 Å². The molecule has 0 saturated carbocycles. The molecule has 1 aliphatic rings.